The molecule has 3 nitrogen and oxygen atoms in total. The lowest BCUT2D eigenvalue weighted by Gasteiger charge is -2.36. The van der Waals surface area contributed by atoms with Crippen LogP contribution in [0.4, 0.5) is 0 Å². The number of aliphatic hydroxyl groups is 1. The van der Waals surface area contributed by atoms with E-state index in [1.807, 2.05) is 0 Å². The molecule has 1 fully saturated rings. The molecule has 0 aliphatic heterocycles. The van der Waals surface area contributed by atoms with Crippen LogP contribution in [0.1, 0.15) is 59.3 Å². The van der Waals surface area contributed by atoms with Gasteiger partial charge in [-0.15, -0.1) is 0 Å². The normalized spacial score (nSPS) is 18.6. The number of nitrogens with one attached hydrogen (secondary N) is 1. The molecule has 0 amide bonds. The summed E-state index contributed by atoms with van der Waals surface area (Å²) in [5, 5.41) is 12.9. The fourth-order valence-corrected chi connectivity index (χ4v) is 3.20. The third-order valence-electron chi connectivity index (χ3n) is 4.35. The lowest BCUT2D eigenvalue weighted by molar-refractivity contribution is 0.121. The van der Waals surface area contributed by atoms with Crippen molar-refractivity contribution in [2.24, 2.45) is 5.41 Å². The van der Waals surface area contributed by atoms with E-state index < -0.39 is 0 Å². The Labute approximate surface area is 119 Å². The van der Waals surface area contributed by atoms with E-state index in [0.717, 1.165) is 26.2 Å². The third kappa shape index (κ3) is 6.24. The first kappa shape index (κ1) is 16.9. The van der Waals surface area contributed by atoms with Crippen LogP contribution in [0, 0.1) is 5.41 Å². The summed E-state index contributed by atoms with van der Waals surface area (Å²) in [6, 6.07) is 0.569. The Kier molecular flexibility index (Phi) is 7.96. The van der Waals surface area contributed by atoms with Crippen molar-refractivity contribution in [3.8, 4) is 0 Å². The van der Waals surface area contributed by atoms with Crippen LogP contribution >= 0.6 is 0 Å². The quantitative estimate of drug-likeness (QED) is 0.640. The predicted octanol–water partition coefficient (Wildman–Crippen LogP) is 2.64. The highest BCUT2D eigenvalue weighted by Gasteiger charge is 2.35. The van der Waals surface area contributed by atoms with Gasteiger partial charge in [-0.25, -0.2) is 0 Å². The maximum atomic E-state index is 9.25. The second kappa shape index (κ2) is 8.93. The molecule has 0 heterocycles. The van der Waals surface area contributed by atoms with Crippen molar-refractivity contribution in [1.82, 2.24) is 10.2 Å². The van der Waals surface area contributed by atoms with Gasteiger partial charge in [-0.05, 0) is 31.2 Å². The van der Waals surface area contributed by atoms with Gasteiger partial charge in [0.25, 0.3) is 0 Å². The van der Waals surface area contributed by atoms with Crippen molar-refractivity contribution in [1.29, 1.82) is 0 Å². The number of unbranched alkanes of at least 4 members (excludes halogenated alkanes) is 1. The summed E-state index contributed by atoms with van der Waals surface area (Å²) in [6.07, 6.45) is 7.93. The molecule has 2 N–H and O–H groups in total. The molecule has 1 saturated carbocycles. The van der Waals surface area contributed by atoms with Gasteiger partial charge in [-0.3, -0.25) is 0 Å². The predicted molar refractivity (Wildman–Crippen MR) is 82.5 cm³/mol. The fraction of sp³-hybridized carbons (Fsp3) is 1.00. The molecule has 0 aromatic rings. The van der Waals surface area contributed by atoms with Gasteiger partial charge in [-0.1, -0.05) is 40.0 Å². The molecule has 1 rings (SSSR count). The zero-order chi connectivity index (χ0) is 14.1. The highest BCUT2D eigenvalue weighted by molar-refractivity contribution is 4.90. The molecule has 1 aliphatic carbocycles. The molecular formula is C16H34N2O. The Morgan fingerprint density at radius 3 is 2.42 bits per heavy atom. The molecule has 19 heavy (non-hydrogen) atoms. The first-order chi connectivity index (χ1) is 9.12. The van der Waals surface area contributed by atoms with Crippen molar-refractivity contribution in [2.75, 3.05) is 32.8 Å². The minimum absolute atomic E-state index is 0.289. The van der Waals surface area contributed by atoms with Crippen LogP contribution in [0.3, 0.4) is 0 Å². The van der Waals surface area contributed by atoms with Crippen molar-refractivity contribution in [2.45, 2.75) is 65.3 Å². The lowest BCUT2D eigenvalue weighted by Crippen LogP contribution is -2.45. The number of nitrogens with zero attached hydrogens (tertiary/aromatic N) is 1. The van der Waals surface area contributed by atoms with Gasteiger partial charge in [-0.2, -0.15) is 0 Å². The van der Waals surface area contributed by atoms with E-state index in [2.05, 4.69) is 31.0 Å². The van der Waals surface area contributed by atoms with E-state index in [1.54, 1.807) is 0 Å². The number of hydrogen-bond acceptors (Lipinski definition) is 3. The van der Waals surface area contributed by atoms with Crippen LogP contribution in [0.2, 0.25) is 0 Å². The molecular weight excluding hydrogens is 236 g/mol. The SMILES string of the molecule is CCCCN(CCO)CC1(CNC(C)C)CCCC1. The average Bonchev–Trinajstić information content (AvgIpc) is 2.83. The van der Waals surface area contributed by atoms with E-state index in [4.69, 9.17) is 0 Å². The standard InChI is InChI=1S/C16H34N2O/c1-4-5-10-18(11-12-19)14-16(8-6-7-9-16)13-17-15(2)3/h15,17,19H,4-14H2,1-3H3. The molecule has 114 valence electrons. The largest absolute Gasteiger partial charge is 0.395 e. The topological polar surface area (TPSA) is 35.5 Å². The number of rotatable bonds is 10. The molecule has 0 radical (unpaired) electrons. The van der Waals surface area contributed by atoms with Gasteiger partial charge in [0.05, 0.1) is 6.61 Å². The van der Waals surface area contributed by atoms with Crippen LogP contribution in [0.5, 0.6) is 0 Å². The van der Waals surface area contributed by atoms with Crippen LogP contribution < -0.4 is 5.32 Å². The van der Waals surface area contributed by atoms with Crippen LogP contribution in [0.25, 0.3) is 0 Å². The van der Waals surface area contributed by atoms with Crippen LogP contribution in [-0.2, 0) is 0 Å². The van der Waals surface area contributed by atoms with Crippen molar-refractivity contribution >= 4 is 0 Å². The Hall–Kier alpha value is -0.120. The van der Waals surface area contributed by atoms with Crippen molar-refractivity contribution in [3.63, 3.8) is 0 Å². The summed E-state index contributed by atoms with van der Waals surface area (Å²) < 4.78 is 0. The van der Waals surface area contributed by atoms with Crippen molar-refractivity contribution in [3.05, 3.63) is 0 Å². The third-order valence-corrected chi connectivity index (χ3v) is 4.35. The summed E-state index contributed by atoms with van der Waals surface area (Å²) in [5.41, 5.74) is 0.452. The Morgan fingerprint density at radius 1 is 1.21 bits per heavy atom. The minimum Gasteiger partial charge on any atom is -0.395 e. The smallest absolute Gasteiger partial charge is 0.0558 e. The molecule has 0 unspecified atom stereocenters. The second-order valence-corrected chi connectivity index (χ2v) is 6.60. The number of hydrogen-bond donors (Lipinski definition) is 2. The van der Waals surface area contributed by atoms with Gasteiger partial charge >= 0.3 is 0 Å². The molecule has 0 aromatic heterocycles. The summed E-state index contributed by atoms with van der Waals surface area (Å²) in [5.74, 6) is 0. The fourth-order valence-electron chi connectivity index (χ4n) is 3.20. The first-order valence-corrected chi connectivity index (χ1v) is 8.18. The van der Waals surface area contributed by atoms with E-state index in [0.29, 0.717) is 11.5 Å². The van der Waals surface area contributed by atoms with Gasteiger partial charge in [0.1, 0.15) is 0 Å². The van der Waals surface area contributed by atoms with Crippen LogP contribution in [0.15, 0.2) is 0 Å². The molecule has 0 saturated heterocycles. The van der Waals surface area contributed by atoms with Crippen molar-refractivity contribution < 1.29 is 5.11 Å². The monoisotopic (exact) mass is 270 g/mol. The Bertz CT molecular complexity index is 225. The molecule has 0 atom stereocenters. The summed E-state index contributed by atoms with van der Waals surface area (Å²) in [4.78, 5) is 2.48. The molecule has 0 bridgehead atoms. The summed E-state index contributed by atoms with van der Waals surface area (Å²) in [7, 11) is 0. The second-order valence-electron chi connectivity index (χ2n) is 6.60. The van der Waals surface area contributed by atoms with Gasteiger partial charge in [0, 0.05) is 25.7 Å². The zero-order valence-electron chi connectivity index (χ0n) is 13.2. The summed E-state index contributed by atoms with van der Waals surface area (Å²) in [6.45, 7) is 11.3. The highest BCUT2D eigenvalue weighted by Crippen LogP contribution is 2.38. The van der Waals surface area contributed by atoms with E-state index in [-0.39, 0.29) is 6.61 Å². The van der Waals surface area contributed by atoms with E-state index in [9.17, 15) is 5.11 Å². The lowest BCUT2D eigenvalue weighted by atomic mass is 9.85. The Morgan fingerprint density at radius 2 is 1.89 bits per heavy atom. The zero-order valence-corrected chi connectivity index (χ0v) is 13.2. The molecule has 1 aliphatic rings. The maximum absolute atomic E-state index is 9.25. The van der Waals surface area contributed by atoms with E-state index in [1.165, 1.54) is 38.5 Å². The minimum atomic E-state index is 0.289. The van der Waals surface area contributed by atoms with Crippen LogP contribution in [-0.4, -0.2) is 48.8 Å². The summed E-state index contributed by atoms with van der Waals surface area (Å²) >= 11 is 0. The van der Waals surface area contributed by atoms with Gasteiger partial charge < -0.3 is 15.3 Å². The maximum Gasteiger partial charge on any atom is 0.0558 e. The molecule has 0 aromatic carbocycles. The first-order valence-electron chi connectivity index (χ1n) is 8.18. The van der Waals surface area contributed by atoms with Gasteiger partial charge in [0.2, 0.25) is 0 Å². The Balaban J connectivity index is 2.53. The molecule has 3 heteroatoms. The average molecular weight is 270 g/mol. The van der Waals surface area contributed by atoms with Gasteiger partial charge in [0.15, 0.2) is 0 Å². The highest BCUT2D eigenvalue weighted by atomic mass is 16.3. The van der Waals surface area contributed by atoms with E-state index >= 15 is 0 Å². The number of aliphatic hydroxyl groups excluding tert-OH is 1. The molecule has 0 spiro atoms.